The first kappa shape index (κ1) is 15.2. The van der Waals surface area contributed by atoms with E-state index in [9.17, 15) is 12.8 Å². The summed E-state index contributed by atoms with van der Waals surface area (Å²) in [6.45, 7) is 3.32. The number of rotatable bonds is 5. The fourth-order valence-electron chi connectivity index (χ4n) is 1.33. The smallest absolute Gasteiger partial charge is 0.299 e. The first-order valence-corrected chi connectivity index (χ1v) is 6.81. The molecule has 106 valence electrons. The summed E-state index contributed by atoms with van der Waals surface area (Å²) in [4.78, 5) is 0. The van der Waals surface area contributed by atoms with Crippen LogP contribution in [0.3, 0.4) is 0 Å². The molecule has 0 aliphatic carbocycles. The third-order valence-electron chi connectivity index (χ3n) is 1.99. The quantitative estimate of drug-likeness (QED) is 0.274. The van der Waals surface area contributed by atoms with E-state index >= 15 is 0 Å². The highest BCUT2D eigenvalue weighted by Crippen LogP contribution is 2.15. The Morgan fingerprint density at radius 2 is 2.11 bits per heavy atom. The van der Waals surface area contributed by atoms with Gasteiger partial charge in [-0.1, -0.05) is 5.16 Å². The van der Waals surface area contributed by atoms with Crippen molar-refractivity contribution in [3.63, 3.8) is 0 Å². The molecule has 0 spiro atoms. The normalized spacial score (nSPS) is 12.7. The second-order valence-electron chi connectivity index (χ2n) is 4.06. The number of hydrogen-bond donors (Lipinski definition) is 4. The number of oxime groups is 1. The molecule has 5 N–H and O–H groups in total. The number of hydrogen-bond acceptors (Lipinski definition) is 4. The van der Waals surface area contributed by atoms with Crippen molar-refractivity contribution < 1.29 is 18.0 Å². The number of nitrogens with one attached hydrogen (secondary N) is 2. The van der Waals surface area contributed by atoms with Gasteiger partial charge in [-0.15, -0.1) is 0 Å². The zero-order valence-electron chi connectivity index (χ0n) is 10.4. The Kier molecular flexibility index (Phi) is 4.67. The average molecular weight is 290 g/mol. The van der Waals surface area contributed by atoms with Gasteiger partial charge < -0.3 is 10.9 Å². The minimum Gasteiger partial charge on any atom is -0.409 e. The van der Waals surface area contributed by atoms with Gasteiger partial charge in [0.05, 0.1) is 11.3 Å². The summed E-state index contributed by atoms with van der Waals surface area (Å²) in [7, 11) is -3.76. The fraction of sp³-hybridized carbons (Fsp3) is 0.300. The SMILES string of the molecule is CC(C)NS(=O)(=O)Nc1ccc(F)c(/C(N)=N/O)c1. The van der Waals surface area contributed by atoms with Crippen molar-refractivity contribution >= 4 is 21.7 Å². The molecule has 0 radical (unpaired) electrons. The Bertz CT molecular complexity index is 586. The van der Waals surface area contributed by atoms with Gasteiger partial charge in [-0.05, 0) is 32.0 Å². The Morgan fingerprint density at radius 1 is 1.47 bits per heavy atom. The molecule has 0 heterocycles. The molecule has 0 saturated heterocycles. The maximum Gasteiger partial charge on any atom is 0.299 e. The van der Waals surface area contributed by atoms with E-state index < -0.39 is 21.9 Å². The van der Waals surface area contributed by atoms with E-state index in [0.29, 0.717) is 0 Å². The zero-order valence-corrected chi connectivity index (χ0v) is 11.2. The lowest BCUT2D eigenvalue weighted by atomic mass is 10.2. The molecule has 0 atom stereocenters. The summed E-state index contributed by atoms with van der Waals surface area (Å²) < 4.78 is 41.1. The second-order valence-corrected chi connectivity index (χ2v) is 5.50. The molecule has 0 aliphatic rings. The molecule has 1 aromatic rings. The van der Waals surface area contributed by atoms with Crippen LogP contribution in [-0.4, -0.2) is 25.5 Å². The largest absolute Gasteiger partial charge is 0.409 e. The van der Waals surface area contributed by atoms with Crippen LogP contribution >= 0.6 is 0 Å². The molecule has 9 heteroatoms. The van der Waals surface area contributed by atoms with Crippen LogP contribution in [0.2, 0.25) is 0 Å². The van der Waals surface area contributed by atoms with Crippen molar-refractivity contribution in [2.75, 3.05) is 4.72 Å². The molecule has 1 aromatic carbocycles. The highest BCUT2D eigenvalue weighted by atomic mass is 32.2. The third-order valence-corrected chi connectivity index (χ3v) is 3.28. The van der Waals surface area contributed by atoms with Crippen LogP contribution in [0.5, 0.6) is 0 Å². The molecular weight excluding hydrogens is 275 g/mol. The molecule has 0 saturated carbocycles. The van der Waals surface area contributed by atoms with E-state index in [2.05, 4.69) is 14.6 Å². The van der Waals surface area contributed by atoms with Crippen LogP contribution in [0.25, 0.3) is 0 Å². The van der Waals surface area contributed by atoms with Crippen LogP contribution in [0.1, 0.15) is 19.4 Å². The van der Waals surface area contributed by atoms with Gasteiger partial charge in [0.1, 0.15) is 5.82 Å². The standard InChI is InChI=1S/C10H15FN4O3S/c1-6(2)14-19(17,18)15-7-3-4-9(11)8(5-7)10(12)13-16/h3-6,14-16H,1-2H3,(H2,12,13). The first-order chi connectivity index (χ1) is 8.75. The van der Waals surface area contributed by atoms with Gasteiger partial charge in [-0.2, -0.15) is 13.1 Å². The van der Waals surface area contributed by atoms with E-state index in [1.54, 1.807) is 13.8 Å². The molecule has 1 rings (SSSR count). The van der Waals surface area contributed by atoms with Gasteiger partial charge in [-0.25, -0.2) is 4.39 Å². The van der Waals surface area contributed by atoms with Gasteiger partial charge in [0.15, 0.2) is 5.84 Å². The highest BCUT2D eigenvalue weighted by molar-refractivity contribution is 7.90. The van der Waals surface area contributed by atoms with Crippen molar-refractivity contribution in [2.24, 2.45) is 10.9 Å². The van der Waals surface area contributed by atoms with E-state index in [0.717, 1.165) is 12.1 Å². The topological polar surface area (TPSA) is 117 Å². The van der Waals surface area contributed by atoms with E-state index in [-0.39, 0.29) is 17.3 Å². The van der Waals surface area contributed by atoms with Gasteiger partial charge in [-0.3, -0.25) is 4.72 Å². The summed E-state index contributed by atoms with van der Waals surface area (Å²) in [6, 6.07) is 3.08. The van der Waals surface area contributed by atoms with E-state index in [1.807, 2.05) is 0 Å². The first-order valence-electron chi connectivity index (χ1n) is 5.32. The minimum absolute atomic E-state index is 0.0937. The lowest BCUT2D eigenvalue weighted by Gasteiger charge is -2.12. The summed E-state index contributed by atoms with van der Waals surface area (Å²) in [6.07, 6.45) is 0. The summed E-state index contributed by atoms with van der Waals surface area (Å²) in [5.74, 6) is -1.18. The van der Waals surface area contributed by atoms with Crippen molar-refractivity contribution in [1.82, 2.24) is 4.72 Å². The number of amidine groups is 1. The summed E-state index contributed by atoms with van der Waals surface area (Å²) in [5, 5.41) is 11.2. The van der Waals surface area contributed by atoms with Gasteiger partial charge in [0, 0.05) is 6.04 Å². The number of nitrogens with two attached hydrogens (primary N) is 1. The monoisotopic (exact) mass is 290 g/mol. The zero-order chi connectivity index (χ0) is 14.6. The molecule has 0 amide bonds. The maximum absolute atomic E-state index is 13.4. The molecule has 0 aliphatic heterocycles. The van der Waals surface area contributed by atoms with Crippen molar-refractivity contribution in [1.29, 1.82) is 0 Å². The van der Waals surface area contributed by atoms with Crippen molar-refractivity contribution in [3.8, 4) is 0 Å². The molecule has 0 fully saturated rings. The number of anilines is 1. The van der Waals surface area contributed by atoms with Crippen LogP contribution in [-0.2, 0) is 10.2 Å². The average Bonchev–Trinajstić information content (AvgIpc) is 2.28. The molecule has 7 nitrogen and oxygen atoms in total. The lowest BCUT2D eigenvalue weighted by Crippen LogP contribution is -2.35. The highest BCUT2D eigenvalue weighted by Gasteiger charge is 2.14. The second kappa shape index (κ2) is 5.85. The molecule has 0 unspecified atom stereocenters. The molecular formula is C10H15FN4O3S. The minimum atomic E-state index is -3.76. The van der Waals surface area contributed by atoms with Crippen LogP contribution in [0.15, 0.2) is 23.4 Å². The fourth-order valence-corrected chi connectivity index (χ4v) is 2.45. The maximum atomic E-state index is 13.4. The Hall–Kier alpha value is -1.87. The van der Waals surface area contributed by atoms with Crippen molar-refractivity contribution in [2.45, 2.75) is 19.9 Å². The predicted molar refractivity (Wildman–Crippen MR) is 69.7 cm³/mol. The Morgan fingerprint density at radius 3 is 2.63 bits per heavy atom. The van der Waals surface area contributed by atoms with Gasteiger partial charge >= 0.3 is 0 Å². The lowest BCUT2D eigenvalue weighted by molar-refractivity contribution is 0.318. The van der Waals surface area contributed by atoms with Crippen LogP contribution in [0, 0.1) is 5.82 Å². The molecule has 19 heavy (non-hydrogen) atoms. The summed E-state index contributed by atoms with van der Waals surface area (Å²) >= 11 is 0. The predicted octanol–water partition coefficient (Wildman–Crippen LogP) is 0.575. The van der Waals surface area contributed by atoms with Crippen LogP contribution < -0.4 is 15.2 Å². The summed E-state index contributed by atoms with van der Waals surface area (Å²) in [5.41, 5.74) is 5.17. The third kappa shape index (κ3) is 4.38. The number of halogens is 1. The van der Waals surface area contributed by atoms with Crippen molar-refractivity contribution in [3.05, 3.63) is 29.6 Å². The van der Waals surface area contributed by atoms with Gasteiger partial charge in [0.25, 0.3) is 10.2 Å². The molecule has 0 aromatic heterocycles. The van der Waals surface area contributed by atoms with E-state index in [4.69, 9.17) is 10.9 Å². The Balaban J connectivity index is 3.04. The Labute approximate surface area is 110 Å². The molecule has 0 bridgehead atoms. The number of nitrogens with zero attached hydrogens (tertiary/aromatic N) is 1. The number of benzene rings is 1. The van der Waals surface area contributed by atoms with E-state index in [1.165, 1.54) is 6.07 Å². The van der Waals surface area contributed by atoms with Gasteiger partial charge in [0.2, 0.25) is 0 Å². The van der Waals surface area contributed by atoms with Crippen LogP contribution in [0.4, 0.5) is 10.1 Å².